The Bertz CT molecular complexity index is 193. The first kappa shape index (κ1) is 7.10. The van der Waals surface area contributed by atoms with E-state index in [2.05, 4.69) is 0 Å². The maximum absolute atomic E-state index is 7.52. The highest BCUT2D eigenvalue weighted by Gasteiger charge is 2.61. The maximum atomic E-state index is 7.52. The lowest BCUT2D eigenvalue weighted by Crippen LogP contribution is -2.30. The first-order chi connectivity index (χ1) is 5.29. The van der Waals surface area contributed by atoms with Crippen LogP contribution in [0, 0.1) is 5.41 Å². The summed E-state index contributed by atoms with van der Waals surface area (Å²) in [5, 5.41) is 7.52. The van der Waals surface area contributed by atoms with Crippen LogP contribution in [0.15, 0.2) is 0 Å². The van der Waals surface area contributed by atoms with Crippen molar-refractivity contribution in [2.75, 3.05) is 7.11 Å². The third-order valence-electron chi connectivity index (χ3n) is 2.67. The molecule has 1 heterocycles. The van der Waals surface area contributed by atoms with E-state index in [9.17, 15) is 0 Å². The zero-order valence-electron chi connectivity index (χ0n) is 6.72. The van der Waals surface area contributed by atoms with Gasteiger partial charge in [0.2, 0.25) is 5.90 Å². The van der Waals surface area contributed by atoms with E-state index in [4.69, 9.17) is 14.9 Å². The molecule has 2 fully saturated rings. The molecule has 0 spiro atoms. The molecule has 1 aliphatic carbocycles. The van der Waals surface area contributed by atoms with E-state index in [-0.39, 0.29) is 5.60 Å². The van der Waals surface area contributed by atoms with Crippen molar-refractivity contribution in [2.45, 2.75) is 37.4 Å². The monoisotopic (exact) mass is 155 g/mol. The Hall–Kier alpha value is -0.570. The molecule has 11 heavy (non-hydrogen) atoms. The van der Waals surface area contributed by atoms with Gasteiger partial charge in [0.25, 0.3) is 0 Å². The topological polar surface area (TPSA) is 45.6 Å². The second-order valence-electron chi connectivity index (χ2n) is 3.28. The summed E-state index contributed by atoms with van der Waals surface area (Å²) < 4.78 is 10.4. The standard InChI is InChI=1S/C8H13NO2/c1-10-7(9)8-5-3-2-4-6(8)11-8/h6,9H,2-5H2,1H3. The molecular weight excluding hydrogens is 142 g/mol. The average molecular weight is 155 g/mol. The van der Waals surface area contributed by atoms with Gasteiger partial charge < -0.3 is 9.47 Å². The van der Waals surface area contributed by atoms with Crippen LogP contribution in [0.1, 0.15) is 25.7 Å². The molecule has 0 aromatic heterocycles. The Balaban J connectivity index is 2.07. The second-order valence-corrected chi connectivity index (χ2v) is 3.28. The predicted octanol–water partition coefficient (Wildman–Crippen LogP) is 1.32. The van der Waals surface area contributed by atoms with Crippen LogP contribution in [-0.4, -0.2) is 24.7 Å². The number of nitrogens with one attached hydrogen (secondary N) is 1. The highest BCUT2D eigenvalue weighted by Crippen LogP contribution is 2.48. The largest absolute Gasteiger partial charge is 0.482 e. The SMILES string of the molecule is COC(=N)C12CCCCC1O2. The van der Waals surface area contributed by atoms with Crippen molar-refractivity contribution in [3.8, 4) is 0 Å². The normalized spacial score (nSPS) is 41.0. The van der Waals surface area contributed by atoms with Gasteiger partial charge in [0, 0.05) is 0 Å². The van der Waals surface area contributed by atoms with Crippen molar-refractivity contribution in [1.29, 1.82) is 5.41 Å². The number of hydrogen-bond donors (Lipinski definition) is 1. The molecule has 0 bridgehead atoms. The lowest BCUT2D eigenvalue weighted by molar-refractivity contribution is 0.285. The molecule has 0 radical (unpaired) electrons. The van der Waals surface area contributed by atoms with E-state index in [1.165, 1.54) is 12.8 Å². The van der Waals surface area contributed by atoms with Gasteiger partial charge in [-0.15, -0.1) is 0 Å². The van der Waals surface area contributed by atoms with E-state index in [1.54, 1.807) is 7.11 Å². The summed E-state index contributed by atoms with van der Waals surface area (Å²) >= 11 is 0. The lowest BCUT2D eigenvalue weighted by Gasteiger charge is -2.16. The van der Waals surface area contributed by atoms with Gasteiger partial charge in [0.1, 0.15) is 0 Å². The third-order valence-corrected chi connectivity index (χ3v) is 2.67. The van der Waals surface area contributed by atoms with Crippen LogP contribution in [0.5, 0.6) is 0 Å². The number of methoxy groups -OCH3 is 1. The Labute approximate surface area is 66.2 Å². The van der Waals surface area contributed by atoms with E-state index in [0.29, 0.717) is 12.0 Å². The fraction of sp³-hybridized carbons (Fsp3) is 0.875. The molecule has 2 rings (SSSR count). The van der Waals surface area contributed by atoms with Crippen LogP contribution in [0.3, 0.4) is 0 Å². The van der Waals surface area contributed by atoms with Crippen LogP contribution in [0.25, 0.3) is 0 Å². The van der Waals surface area contributed by atoms with Crippen molar-refractivity contribution >= 4 is 5.90 Å². The minimum atomic E-state index is -0.285. The van der Waals surface area contributed by atoms with Gasteiger partial charge in [-0.25, -0.2) is 0 Å². The molecule has 1 saturated heterocycles. The lowest BCUT2D eigenvalue weighted by atomic mass is 9.89. The van der Waals surface area contributed by atoms with Gasteiger partial charge in [-0.3, -0.25) is 5.41 Å². The Kier molecular flexibility index (Phi) is 1.42. The number of epoxide rings is 1. The van der Waals surface area contributed by atoms with Gasteiger partial charge in [-0.05, 0) is 19.3 Å². The zero-order chi connectivity index (χ0) is 7.90. The Morgan fingerprint density at radius 3 is 3.09 bits per heavy atom. The molecule has 62 valence electrons. The fourth-order valence-corrected chi connectivity index (χ4v) is 1.94. The highest BCUT2D eigenvalue weighted by molar-refractivity contribution is 5.86. The molecular formula is C8H13NO2. The minimum Gasteiger partial charge on any atom is -0.482 e. The number of rotatable bonds is 1. The molecule has 1 N–H and O–H groups in total. The molecule has 1 aliphatic heterocycles. The number of fused-ring (bicyclic) bond motifs is 1. The van der Waals surface area contributed by atoms with E-state index >= 15 is 0 Å². The van der Waals surface area contributed by atoms with Crippen LogP contribution >= 0.6 is 0 Å². The molecule has 2 atom stereocenters. The minimum absolute atomic E-state index is 0.285. The smallest absolute Gasteiger partial charge is 0.216 e. The maximum Gasteiger partial charge on any atom is 0.216 e. The third kappa shape index (κ3) is 0.872. The van der Waals surface area contributed by atoms with Crippen LogP contribution in [0.2, 0.25) is 0 Å². The highest BCUT2D eigenvalue weighted by atomic mass is 16.6. The van der Waals surface area contributed by atoms with Gasteiger partial charge in [-0.1, -0.05) is 6.42 Å². The van der Waals surface area contributed by atoms with Crippen LogP contribution < -0.4 is 0 Å². The van der Waals surface area contributed by atoms with Gasteiger partial charge in [-0.2, -0.15) is 0 Å². The van der Waals surface area contributed by atoms with Crippen molar-refractivity contribution in [2.24, 2.45) is 0 Å². The summed E-state index contributed by atoms with van der Waals surface area (Å²) in [6, 6.07) is 0. The van der Waals surface area contributed by atoms with Crippen molar-refractivity contribution in [3.05, 3.63) is 0 Å². The second kappa shape index (κ2) is 2.21. The first-order valence-electron chi connectivity index (χ1n) is 4.10. The number of ether oxygens (including phenoxy) is 2. The molecule has 0 aromatic carbocycles. The van der Waals surface area contributed by atoms with Crippen molar-refractivity contribution < 1.29 is 9.47 Å². The molecule has 3 nitrogen and oxygen atoms in total. The summed E-state index contributed by atoms with van der Waals surface area (Å²) in [5.74, 6) is 0.321. The summed E-state index contributed by atoms with van der Waals surface area (Å²) in [7, 11) is 1.55. The first-order valence-corrected chi connectivity index (χ1v) is 4.10. The van der Waals surface area contributed by atoms with Crippen molar-refractivity contribution in [1.82, 2.24) is 0 Å². The molecule has 2 aliphatic rings. The quantitative estimate of drug-likeness (QED) is 0.352. The fourth-order valence-electron chi connectivity index (χ4n) is 1.94. The Morgan fingerprint density at radius 1 is 1.64 bits per heavy atom. The number of hydrogen-bond acceptors (Lipinski definition) is 3. The average Bonchev–Trinajstić information content (AvgIpc) is 2.78. The van der Waals surface area contributed by atoms with Crippen LogP contribution in [-0.2, 0) is 9.47 Å². The van der Waals surface area contributed by atoms with Gasteiger partial charge >= 0.3 is 0 Å². The molecule has 1 saturated carbocycles. The Morgan fingerprint density at radius 2 is 2.45 bits per heavy atom. The van der Waals surface area contributed by atoms with Crippen molar-refractivity contribution in [3.63, 3.8) is 0 Å². The van der Waals surface area contributed by atoms with E-state index < -0.39 is 0 Å². The molecule has 0 amide bonds. The summed E-state index contributed by atoms with van der Waals surface area (Å²) in [6.07, 6.45) is 4.78. The summed E-state index contributed by atoms with van der Waals surface area (Å²) in [4.78, 5) is 0. The van der Waals surface area contributed by atoms with Gasteiger partial charge in [0.05, 0.1) is 13.2 Å². The van der Waals surface area contributed by atoms with E-state index in [1.807, 2.05) is 0 Å². The molecule has 3 heteroatoms. The zero-order valence-corrected chi connectivity index (χ0v) is 6.72. The predicted molar refractivity (Wildman–Crippen MR) is 40.8 cm³/mol. The molecule has 2 unspecified atom stereocenters. The summed E-state index contributed by atoms with van der Waals surface area (Å²) in [5.41, 5.74) is -0.285. The molecule has 0 aromatic rings. The van der Waals surface area contributed by atoms with Crippen LogP contribution in [0.4, 0.5) is 0 Å². The summed E-state index contributed by atoms with van der Waals surface area (Å²) in [6.45, 7) is 0. The van der Waals surface area contributed by atoms with Gasteiger partial charge in [0.15, 0.2) is 5.60 Å². The van der Waals surface area contributed by atoms with E-state index in [0.717, 1.165) is 12.8 Å².